The van der Waals surface area contributed by atoms with Gasteiger partial charge in [-0.05, 0) is 39.0 Å². The lowest BCUT2D eigenvalue weighted by atomic mass is 9.81. The van der Waals surface area contributed by atoms with Gasteiger partial charge in [-0.1, -0.05) is 33.1 Å². The van der Waals surface area contributed by atoms with Crippen LogP contribution in [0.15, 0.2) is 0 Å². The summed E-state index contributed by atoms with van der Waals surface area (Å²) >= 11 is 0. The van der Waals surface area contributed by atoms with E-state index in [0.29, 0.717) is 12.3 Å². The molecular weight excluding hydrogens is 252 g/mol. The number of piperazine rings is 1. The lowest BCUT2D eigenvalue weighted by Crippen LogP contribution is -2.70. The Morgan fingerprint density at radius 2 is 2.00 bits per heavy atom. The zero-order valence-corrected chi connectivity index (χ0v) is 13.2. The van der Waals surface area contributed by atoms with Crippen LogP contribution in [-0.4, -0.2) is 34.3 Å². The molecule has 1 N–H and O–H groups in total. The van der Waals surface area contributed by atoms with Crippen LogP contribution in [0.4, 0.5) is 0 Å². The Morgan fingerprint density at radius 3 is 2.60 bits per heavy atom. The number of carbonyl (C=O) groups is 2. The van der Waals surface area contributed by atoms with Crippen molar-refractivity contribution in [2.75, 3.05) is 0 Å². The van der Waals surface area contributed by atoms with E-state index in [4.69, 9.17) is 0 Å². The van der Waals surface area contributed by atoms with Crippen LogP contribution in [0.1, 0.15) is 66.2 Å². The molecule has 4 atom stereocenters. The average molecular weight is 280 g/mol. The highest BCUT2D eigenvalue weighted by molar-refractivity contribution is 5.99. The number of carbonyl (C=O) groups excluding carboxylic acids is 2. The molecule has 1 aliphatic carbocycles. The summed E-state index contributed by atoms with van der Waals surface area (Å²) in [6.45, 7) is 7.89. The number of amides is 2. The van der Waals surface area contributed by atoms with Crippen molar-refractivity contribution in [3.8, 4) is 0 Å². The summed E-state index contributed by atoms with van der Waals surface area (Å²) in [7, 11) is 0. The summed E-state index contributed by atoms with van der Waals surface area (Å²) in [6.07, 6.45) is 6.35. The van der Waals surface area contributed by atoms with E-state index in [1.807, 2.05) is 25.7 Å². The molecule has 1 saturated carbocycles. The van der Waals surface area contributed by atoms with Gasteiger partial charge in [-0.2, -0.15) is 0 Å². The van der Waals surface area contributed by atoms with Crippen molar-refractivity contribution < 1.29 is 9.59 Å². The monoisotopic (exact) mass is 280 g/mol. The average Bonchev–Trinajstić information content (AvgIpc) is 2.46. The molecule has 0 aromatic rings. The van der Waals surface area contributed by atoms with Crippen LogP contribution in [0, 0.1) is 5.92 Å². The van der Waals surface area contributed by atoms with Crippen molar-refractivity contribution in [2.45, 2.75) is 83.8 Å². The van der Waals surface area contributed by atoms with E-state index in [1.165, 1.54) is 19.3 Å². The summed E-state index contributed by atoms with van der Waals surface area (Å²) in [4.78, 5) is 26.9. The summed E-state index contributed by atoms with van der Waals surface area (Å²) in [5.74, 6) is 0.799. The zero-order valence-electron chi connectivity index (χ0n) is 13.2. The first kappa shape index (κ1) is 15.3. The molecular formula is C16H28N2O2. The molecule has 1 saturated heterocycles. The molecule has 20 heavy (non-hydrogen) atoms. The summed E-state index contributed by atoms with van der Waals surface area (Å²) in [6, 6.07) is -0.0872. The SMILES string of the molecule is CCC1CCCC(N2C(=O)C(C)(CC)NC(=O)C2C)C1. The van der Waals surface area contributed by atoms with Crippen molar-refractivity contribution in [2.24, 2.45) is 5.92 Å². The molecule has 2 aliphatic rings. The summed E-state index contributed by atoms with van der Waals surface area (Å²) in [5.41, 5.74) is -0.719. The maximum atomic E-state index is 12.8. The topological polar surface area (TPSA) is 49.4 Å². The van der Waals surface area contributed by atoms with Gasteiger partial charge in [0.25, 0.3) is 0 Å². The maximum absolute atomic E-state index is 12.8. The Labute approximate surface area is 122 Å². The second-order valence-corrected chi connectivity index (χ2v) is 6.66. The molecule has 114 valence electrons. The largest absolute Gasteiger partial charge is 0.340 e. The lowest BCUT2D eigenvalue weighted by molar-refractivity contribution is -0.157. The number of nitrogens with zero attached hydrogens (tertiary/aromatic N) is 1. The normalized spacial score (nSPS) is 38.8. The van der Waals surface area contributed by atoms with Gasteiger partial charge in [-0.25, -0.2) is 0 Å². The Bertz CT molecular complexity index is 396. The molecule has 4 heteroatoms. The minimum Gasteiger partial charge on any atom is -0.340 e. The predicted octanol–water partition coefficient (Wildman–Crippen LogP) is 2.47. The van der Waals surface area contributed by atoms with E-state index in [0.717, 1.165) is 12.8 Å². The van der Waals surface area contributed by atoms with Crippen molar-refractivity contribution in [1.82, 2.24) is 10.2 Å². The second-order valence-electron chi connectivity index (χ2n) is 6.66. The molecule has 2 rings (SSSR count). The Morgan fingerprint density at radius 1 is 1.30 bits per heavy atom. The highest BCUT2D eigenvalue weighted by Gasteiger charge is 2.48. The Hall–Kier alpha value is -1.06. The standard InChI is InChI=1S/C16H28N2O2/c1-5-12-8-7-9-13(10-12)18-11(3)14(19)17-16(4,6-2)15(18)20/h11-13H,5-10H2,1-4H3,(H,17,19). The van der Waals surface area contributed by atoms with Crippen molar-refractivity contribution in [1.29, 1.82) is 0 Å². The van der Waals surface area contributed by atoms with Gasteiger partial charge in [0.15, 0.2) is 0 Å². The van der Waals surface area contributed by atoms with E-state index in [9.17, 15) is 9.59 Å². The van der Waals surface area contributed by atoms with Crippen LogP contribution >= 0.6 is 0 Å². The van der Waals surface area contributed by atoms with E-state index < -0.39 is 5.54 Å². The molecule has 1 heterocycles. The highest BCUT2D eigenvalue weighted by atomic mass is 16.2. The smallest absolute Gasteiger partial charge is 0.248 e. The zero-order chi connectivity index (χ0) is 14.9. The molecule has 0 bridgehead atoms. The van der Waals surface area contributed by atoms with Crippen LogP contribution in [0.3, 0.4) is 0 Å². The number of rotatable bonds is 3. The van der Waals surface area contributed by atoms with Gasteiger partial charge in [0.05, 0.1) is 0 Å². The van der Waals surface area contributed by atoms with Gasteiger partial charge < -0.3 is 10.2 Å². The number of nitrogens with one attached hydrogen (secondary N) is 1. The van der Waals surface area contributed by atoms with Gasteiger partial charge >= 0.3 is 0 Å². The molecule has 4 unspecified atom stereocenters. The summed E-state index contributed by atoms with van der Waals surface area (Å²) < 4.78 is 0. The minimum absolute atomic E-state index is 0.00688. The second kappa shape index (κ2) is 5.74. The summed E-state index contributed by atoms with van der Waals surface area (Å²) in [5, 5.41) is 2.91. The fraction of sp³-hybridized carbons (Fsp3) is 0.875. The van der Waals surface area contributed by atoms with E-state index in [1.54, 1.807) is 0 Å². The van der Waals surface area contributed by atoms with Gasteiger partial charge in [0.2, 0.25) is 11.8 Å². The van der Waals surface area contributed by atoms with Crippen LogP contribution in [0.25, 0.3) is 0 Å². The van der Waals surface area contributed by atoms with Crippen molar-refractivity contribution in [3.63, 3.8) is 0 Å². The van der Waals surface area contributed by atoms with Crippen molar-refractivity contribution >= 4 is 11.8 Å². The first-order valence-corrected chi connectivity index (χ1v) is 8.07. The Kier molecular flexibility index (Phi) is 4.40. The molecule has 2 amide bonds. The molecule has 0 radical (unpaired) electrons. The third-order valence-corrected chi connectivity index (χ3v) is 5.34. The van der Waals surface area contributed by atoms with E-state index >= 15 is 0 Å². The first-order chi connectivity index (χ1) is 9.42. The molecule has 2 fully saturated rings. The molecule has 0 aromatic heterocycles. The molecule has 1 aliphatic heterocycles. The number of hydrogen-bond donors (Lipinski definition) is 1. The van der Waals surface area contributed by atoms with Crippen LogP contribution in [0.2, 0.25) is 0 Å². The van der Waals surface area contributed by atoms with Crippen LogP contribution in [0.5, 0.6) is 0 Å². The van der Waals surface area contributed by atoms with Gasteiger partial charge in [0.1, 0.15) is 11.6 Å². The fourth-order valence-electron chi connectivity index (χ4n) is 3.62. The predicted molar refractivity (Wildman–Crippen MR) is 79.2 cm³/mol. The van der Waals surface area contributed by atoms with E-state index in [2.05, 4.69) is 12.2 Å². The lowest BCUT2D eigenvalue weighted by Gasteiger charge is -2.48. The Balaban J connectivity index is 2.22. The highest BCUT2D eigenvalue weighted by Crippen LogP contribution is 2.33. The van der Waals surface area contributed by atoms with Crippen LogP contribution < -0.4 is 5.32 Å². The fourth-order valence-corrected chi connectivity index (χ4v) is 3.62. The third-order valence-electron chi connectivity index (χ3n) is 5.34. The third kappa shape index (κ3) is 2.57. The van der Waals surface area contributed by atoms with Gasteiger partial charge in [-0.3, -0.25) is 9.59 Å². The maximum Gasteiger partial charge on any atom is 0.248 e. The minimum atomic E-state index is -0.719. The van der Waals surface area contributed by atoms with E-state index in [-0.39, 0.29) is 23.9 Å². The van der Waals surface area contributed by atoms with Crippen molar-refractivity contribution in [3.05, 3.63) is 0 Å². The van der Waals surface area contributed by atoms with Crippen LogP contribution in [-0.2, 0) is 9.59 Å². The first-order valence-electron chi connectivity index (χ1n) is 8.07. The molecule has 4 nitrogen and oxygen atoms in total. The molecule has 0 spiro atoms. The van der Waals surface area contributed by atoms with Gasteiger partial charge in [0, 0.05) is 6.04 Å². The quantitative estimate of drug-likeness (QED) is 0.863. The number of hydrogen-bond acceptors (Lipinski definition) is 2. The molecule has 0 aromatic carbocycles. The van der Waals surface area contributed by atoms with Gasteiger partial charge in [-0.15, -0.1) is 0 Å².